The van der Waals surface area contributed by atoms with E-state index in [9.17, 15) is 4.79 Å². The molecule has 1 atom stereocenters. The van der Waals surface area contributed by atoms with Gasteiger partial charge in [-0.05, 0) is 26.2 Å². The zero-order valence-corrected chi connectivity index (χ0v) is 6.13. The second-order valence-corrected chi connectivity index (χ2v) is 2.70. The number of allylic oxidation sites excluding steroid dienone is 1. The molecular weight excluding hydrogens is 126 g/mol. The van der Waals surface area contributed by atoms with Crippen LogP contribution in [0.1, 0.15) is 26.2 Å². The van der Waals surface area contributed by atoms with Crippen LogP contribution in [0.15, 0.2) is 16.6 Å². The maximum atomic E-state index is 9.84. The molecule has 0 bridgehead atoms. The van der Waals surface area contributed by atoms with E-state index in [2.05, 4.69) is 18.0 Å². The van der Waals surface area contributed by atoms with Crippen molar-refractivity contribution in [2.45, 2.75) is 32.2 Å². The van der Waals surface area contributed by atoms with Crippen molar-refractivity contribution < 1.29 is 4.79 Å². The molecule has 2 heteroatoms. The van der Waals surface area contributed by atoms with Crippen molar-refractivity contribution >= 4 is 6.08 Å². The summed E-state index contributed by atoms with van der Waals surface area (Å²) in [6, 6.07) is 0.209. The summed E-state index contributed by atoms with van der Waals surface area (Å²) in [7, 11) is 0. The molecule has 0 aromatic rings. The summed E-state index contributed by atoms with van der Waals surface area (Å²) in [6.07, 6.45) is 6.75. The Kier molecular flexibility index (Phi) is 2.41. The monoisotopic (exact) mass is 137 g/mol. The first-order valence-electron chi connectivity index (χ1n) is 3.55. The standard InChI is InChI=1S/C8H11NO/c1-7-2-4-8(5-3-7)9-6-10/h2,8H,3-5H2,1H3. The van der Waals surface area contributed by atoms with Gasteiger partial charge in [0.25, 0.3) is 0 Å². The van der Waals surface area contributed by atoms with Crippen molar-refractivity contribution in [3.05, 3.63) is 11.6 Å². The molecule has 0 N–H and O–H groups in total. The fourth-order valence-corrected chi connectivity index (χ4v) is 1.14. The maximum absolute atomic E-state index is 9.84. The van der Waals surface area contributed by atoms with Crippen LogP contribution in [0.3, 0.4) is 0 Å². The van der Waals surface area contributed by atoms with Gasteiger partial charge >= 0.3 is 0 Å². The van der Waals surface area contributed by atoms with Crippen molar-refractivity contribution in [1.29, 1.82) is 0 Å². The van der Waals surface area contributed by atoms with Crippen LogP contribution in [-0.2, 0) is 4.79 Å². The second-order valence-electron chi connectivity index (χ2n) is 2.70. The minimum Gasteiger partial charge on any atom is -0.211 e. The van der Waals surface area contributed by atoms with Gasteiger partial charge in [-0.15, -0.1) is 0 Å². The van der Waals surface area contributed by atoms with Gasteiger partial charge in [0.2, 0.25) is 6.08 Å². The molecule has 0 amide bonds. The van der Waals surface area contributed by atoms with Crippen molar-refractivity contribution in [1.82, 2.24) is 0 Å². The van der Waals surface area contributed by atoms with Gasteiger partial charge in [-0.1, -0.05) is 11.6 Å². The van der Waals surface area contributed by atoms with E-state index in [1.165, 1.54) is 5.57 Å². The van der Waals surface area contributed by atoms with Gasteiger partial charge in [0.15, 0.2) is 0 Å². The number of isocyanates is 1. The zero-order chi connectivity index (χ0) is 7.40. The van der Waals surface area contributed by atoms with Gasteiger partial charge in [-0.3, -0.25) is 0 Å². The number of aliphatic imine (C=N–C) groups is 1. The Bertz CT molecular complexity index is 189. The van der Waals surface area contributed by atoms with Crippen LogP contribution >= 0.6 is 0 Å². The van der Waals surface area contributed by atoms with E-state index in [-0.39, 0.29) is 6.04 Å². The molecule has 0 saturated heterocycles. The lowest BCUT2D eigenvalue weighted by Gasteiger charge is -2.13. The molecule has 0 radical (unpaired) electrons. The van der Waals surface area contributed by atoms with Gasteiger partial charge in [0.05, 0.1) is 6.04 Å². The average molecular weight is 137 g/mol. The van der Waals surface area contributed by atoms with E-state index in [0.29, 0.717) is 0 Å². The predicted octanol–water partition coefficient (Wildman–Crippen LogP) is 1.82. The highest BCUT2D eigenvalue weighted by molar-refractivity contribution is 5.33. The Morgan fingerprint density at radius 1 is 1.80 bits per heavy atom. The minimum atomic E-state index is 0.209. The van der Waals surface area contributed by atoms with E-state index in [1.54, 1.807) is 6.08 Å². The maximum Gasteiger partial charge on any atom is 0.235 e. The predicted molar refractivity (Wildman–Crippen MR) is 39.5 cm³/mol. The number of carbonyl (C=O) groups excluding carboxylic acids is 1. The lowest BCUT2D eigenvalue weighted by atomic mass is 9.97. The molecule has 0 saturated carbocycles. The molecule has 0 fully saturated rings. The number of hydrogen-bond acceptors (Lipinski definition) is 2. The molecule has 10 heavy (non-hydrogen) atoms. The third kappa shape index (κ3) is 1.82. The Labute approximate surface area is 60.7 Å². The lowest BCUT2D eigenvalue weighted by molar-refractivity contribution is 0.543. The third-order valence-electron chi connectivity index (χ3n) is 1.85. The first-order valence-corrected chi connectivity index (χ1v) is 3.55. The van der Waals surface area contributed by atoms with E-state index in [0.717, 1.165) is 19.3 Å². The van der Waals surface area contributed by atoms with E-state index < -0.39 is 0 Å². The van der Waals surface area contributed by atoms with Crippen molar-refractivity contribution in [2.75, 3.05) is 0 Å². The first kappa shape index (κ1) is 7.23. The van der Waals surface area contributed by atoms with Crippen LogP contribution in [0.25, 0.3) is 0 Å². The molecule has 1 aliphatic carbocycles. The lowest BCUT2D eigenvalue weighted by Crippen LogP contribution is -2.07. The molecule has 2 nitrogen and oxygen atoms in total. The Morgan fingerprint density at radius 3 is 3.10 bits per heavy atom. The summed E-state index contributed by atoms with van der Waals surface area (Å²) in [5.74, 6) is 0. The molecule has 1 rings (SSSR count). The summed E-state index contributed by atoms with van der Waals surface area (Å²) < 4.78 is 0. The topological polar surface area (TPSA) is 29.4 Å². The van der Waals surface area contributed by atoms with Crippen LogP contribution in [0.4, 0.5) is 0 Å². The summed E-state index contributed by atoms with van der Waals surface area (Å²) >= 11 is 0. The molecule has 54 valence electrons. The zero-order valence-electron chi connectivity index (χ0n) is 6.13. The minimum absolute atomic E-state index is 0.209. The molecule has 0 aromatic heterocycles. The second kappa shape index (κ2) is 3.33. The highest BCUT2D eigenvalue weighted by atomic mass is 16.1. The Hall–Kier alpha value is -0.880. The molecule has 1 unspecified atom stereocenters. The fourth-order valence-electron chi connectivity index (χ4n) is 1.14. The molecule has 0 aromatic carbocycles. The number of rotatable bonds is 1. The number of nitrogens with zero attached hydrogens (tertiary/aromatic N) is 1. The van der Waals surface area contributed by atoms with Crippen molar-refractivity contribution in [3.8, 4) is 0 Å². The van der Waals surface area contributed by atoms with Crippen molar-refractivity contribution in [2.24, 2.45) is 4.99 Å². The van der Waals surface area contributed by atoms with Crippen LogP contribution < -0.4 is 0 Å². The third-order valence-corrected chi connectivity index (χ3v) is 1.85. The van der Waals surface area contributed by atoms with Crippen LogP contribution in [0, 0.1) is 0 Å². The van der Waals surface area contributed by atoms with Gasteiger partial charge in [0.1, 0.15) is 0 Å². The highest BCUT2D eigenvalue weighted by Gasteiger charge is 2.09. The smallest absolute Gasteiger partial charge is 0.211 e. The molecular formula is C8H11NO. The van der Waals surface area contributed by atoms with E-state index in [4.69, 9.17) is 0 Å². The normalized spacial score (nSPS) is 24.9. The Morgan fingerprint density at radius 2 is 2.60 bits per heavy atom. The summed E-state index contributed by atoms with van der Waals surface area (Å²) in [4.78, 5) is 13.5. The SMILES string of the molecule is CC1=CCC(N=C=O)CC1. The van der Waals surface area contributed by atoms with E-state index >= 15 is 0 Å². The average Bonchev–Trinajstić information content (AvgIpc) is 1.95. The van der Waals surface area contributed by atoms with Crippen molar-refractivity contribution in [3.63, 3.8) is 0 Å². The first-order chi connectivity index (χ1) is 4.83. The van der Waals surface area contributed by atoms with Gasteiger partial charge in [0, 0.05) is 0 Å². The largest absolute Gasteiger partial charge is 0.235 e. The van der Waals surface area contributed by atoms with Crippen LogP contribution in [-0.4, -0.2) is 12.1 Å². The fraction of sp³-hybridized carbons (Fsp3) is 0.625. The highest BCUT2D eigenvalue weighted by Crippen LogP contribution is 2.19. The van der Waals surface area contributed by atoms with Gasteiger partial charge in [-0.2, -0.15) is 0 Å². The van der Waals surface area contributed by atoms with Gasteiger partial charge < -0.3 is 0 Å². The summed E-state index contributed by atoms with van der Waals surface area (Å²) in [6.45, 7) is 2.11. The summed E-state index contributed by atoms with van der Waals surface area (Å²) in [5, 5.41) is 0. The van der Waals surface area contributed by atoms with Crippen LogP contribution in [0.2, 0.25) is 0 Å². The quantitative estimate of drug-likeness (QED) is 0.308. The Balaban J connectivity index is 2.49. The van der Waals surface area contributed by atoms with Crippen LogP contribution in [0.5, 0.6) is 0 Å². The summed E-state index contributed by atoms with van der Waals surface area (Å²) in [5.41, 5.74) is 1.41. The molecule has 0 heterocycles. The number of hydrogen-bond donors (Lipinski definition) is 0. The molecule has 0 aliphatic heterocycles. The van der Waals surface area contributed by atoms with E-state index in [1.807, 2.05) is 0 Å². The van der Waals surface area contributed by atoms with Gasteiger partial charge in [-0.25, -0.2) is 9.79 Å². The molecule has 0 spiro atoms. The molecule has 1 aliphatic rings.